The van der Waals surface area contributed by atoms with E-state index in [1.807, 2.05) is 72.2 Å². The van der Waals surface area contributed by atoms with Gasteiger partial charge in [-0.2, -0.15) is 0 Å². The number of nitrogens with zero attached hydrogens (tertiary/aromatic N) is 2. The molecule has 2 heterocycles. The van der Waals surface area contributed by atoms with Crippen molar-refractivity contribution < 1.29 is 0 Å². The van der Waals surface area contributed by atoms with Crippen molar-refractivity contribution in [2.45, 2.75) is 6.92 Å². The second-order valence-corrected chi connectivity index (χ2v) is 6.11. The summed E-state index contributed by atoms with van der Waals surface area (Å²) >= 11 is 0. The zero-order valence-electron chi connectivity index (χ0n) is 14.3. The smallest absolute Gasteiger partial charge is 0.195 e. The van der Waals surface area contributed by atoms with Gasteiger partial charge in [0.1, 0.15) is 5.82 Å². The van der Waals surface area contributed by atoms with Crippen molar-refractivity contribution >= 4 is 28.2 Å². The van der Waals surface area contributed by atoms with Crippen LogP contribution in [0.25, 0.3) is 16.7 Å². The number of benzene rings is 2. The average Bonchev–Trinajstić information content (AvgIpc) is 2.62. The molecule has 5 nitrogen and oxygen atoms in total. The number of para-hydroxylation sites is 2. The molecule has 0 aliphatic carbocycles. The standard InChI is InChI=1S/C21H18N4O/c1-14-12-17(22)20-18(26)13-19(24-15-8-4-2-5-9-15)25(21(20)23-14)16-10-6-3-7-11-16/h2-13,24H,1H3,(H2,22,23). The minimum Gasteiger partial charge on any atom is -0.398 e. The van der Waals surface area contributed by atoms with E-state index in [0.29, 0.717) is 22.5 Å². The summed E-state index contributed by atoms with van der Waals surface area (Å²) in [5.41, 5.74) is 9.50. The SMILES string of the molecule is Cc1cc(N)c2c(=O)cc(Nc3ccccc3)n(-c3ccccc3)c2n1. The van der Waals surface area contributed by atoms with E-state index in [9.17, 15) is 4.79 Å². The molecular formula is C21H18N4O. The Bertz CT molecular complexity index is 1140. The molecule has 2 aromatic heterocycles. The fourth-order valence-electron chi connectivity index (χ4n) is 3.07. The fourth-order valence-corrected chi connectivity index (χ4v) is 3.07. The summed E-state index contributed by atoms with van der Waals surface area (Å²) in [7, 11) is 0. The van der Waals surface area contributed by atoms with Gasteiger partial charge < -0.3 is 11.1 Å². The van der Waals surface area contributed by atoms with Gasteiger partial charge in [-0.05, 0) is 37.3 Å². The number of anilines is 3. The third kappa shape index (κ3) is 2.80. The monoisotopic (exact) mass is 342 g/mol. The second-order valence-electron chi connectivity index (χ2n) is 6.11. The Hall–Kier alpha value is -3.60. The first-order chi connectivity index (χ1) is 12.6. The van der Waals surface area contributed by atoms with Crippen LogP contribution in [0.2, 0.25) is 0 Å². The number of nitrogens with two attached hydrogens (primary N) is 1. The molecule has 0 saturated carbocycles. The van der Waals surface area contributed by atoms with Gasteiger partial charge in [0.05, 0.1) is 5.39 Å². The summed E-state index contributed by atoms with van der Waals surface area (Å²) in [4.78, 5) is 17.4. The van der Waals surface area contributed by atoms with Crippen LogP contribution < -0.4 is 16.5 Å². The van der Waals surface area contributed by atoms with Gasteiger partial charge in [-0.15, -0.1) is 0 Å². The van der Waals surface area contributed by atoms with Crippen LogP contribution in [0.1, 0.15) is 5.69 Å². The molecule has 0 atom stereocenters. The van der Waals surface area contributed by atoms with E-state index < -0.39 is 0 Å². The predicted molar refractivity (Wildman–Crippen MR) is 106 cm³/mol. The molecule has 0 aliphatic heterocycles. The lowest BCUT2D eigenvalue weighted by atomic mass is 10.2. The number of nitrogen functional groups attached to an aromatic ring is 1. The summed E-state index contributed by atoms with van der Waals surface area (Å²) in [5.74, 6) is 0.636. The van der Waals surface area contributed by atoms with Crippen molar-refractivity contribution in [1.82, 2.24) is 9.55 Å². The Morgan fingerprint density at radius 2 is 1.62 bits per heavy atom. The van der Waals surface area contributed by atoms with E-state index in [1.165, 1.54) is 0 Å². The third-order valence-electron chi connectivity index (χ3n) is 4.19. The molecule has 0 unspecified atom stereocenters. The number of aryl methyl sites for hydroxylation is 1. The third-order valence-corrected chi connectivity index (χ3v) is 4.19. The zero-order valence-corrected chi connectivity index (χ0v) is 14.3. The number of hydrogen-bond donors (Lipinski definition) is 2. The van der Waals surface area contributed by atoms with Crippen molar-refractivity contribution in [3.05, 3.63) is 88.7 Å². The highest BCUT2D eigenvalue weighted by Crippen LogP contribution is 2.26. The van der Waals surface area contributed by atoms with Crippen molar-refractivity contribution in [3.63, 3.8) is 0 Å². The van der Waals surface area contributed by atoms with Crippen LogP contribution in [0, 0.1) is 6.92 Å². The molecule has 2 aromatic carbocycles. The highest BCUT2D eigenvalue weighted by molar-refractivity contribution is 5.90. The molecule has 4 rings (SSSR count). The van der Waals surface area contributed by atoms with Crippen LogP contribution in [0.3, 0.4) is 0 Å². The van der Waals surface area contributed by atoms with Gasteiger partial charge in [-0.1, -0.05) is 36.4 Å². The van der Waals surface area contributed by atoms with Crippen molar-refractivity contribution in [1.29, 1.82) is 0 Å². The maximum absolute atomic E-state index is 12.7. The average molecular weight is 342 g/mol. The molecule has 0 bridgehead atoms. The van der Waals surface area contributed by atoms with E-state index in [-0.39, 0.29) is 5.43 Å². The van der Waals surface area contributed by atoms with E-state index in [4.69, 9.17) is 5.73 Å². The van der Waals surface area contributed by atoms with Gasteiger partial charge in [0.2, 0.25) is 0 Å². The van der Waals surface area contributed by atoms with E-state index in [2.05, 4.69) is 10.3 Å². The zero-order chi connectivity index (χ0) is 18.1. The fraction of sp³-hybridized carbons (Fsp3) is 0.0476. The number of nitrogens with one attached hydrogen (secondary N) is 1. The van der Waals surface area contributed by atoms with E-state index in [0.717, 1.165) is 17.1 Å². The topological polar surface area (TPSA) is 72.9 Å². The molecule has 26 heavy (non-hydrogen) atoms. The Kier molecular flexibility index (Phi) is 3.89. The van der Waals surface area contributed by atoms with Gasteiger partial charge >= 0.3 is 0 Å². The molecule has 0 fully saturated rings. The molecule has 0 saturated heterocycles. The molecule has 0 radical (unpaired) electrons. The summed E-state index contributed by atoms with van der Waals surface area (Å²) < 4.78 is 1.92. The summed E-state index contributed by atoms with van der Waals surface area (Å²) in [5, 5.41) is 3.75. The largest absolute Gasteiger partial charge is 0.398 e. The second kappa shape index (κ2) is 6.37. The highest BCUT2D eigenvalue weighted by atomic mass is 16.1. The molecule has 5 heteroatoms. The minimum absolute atomic E-state index is 0.157. The van der Waals surface area contributed by atoms with Crippen LogP contribution in [0.5, 0.6) is 0 Å². The molecule has 4 aromatic rings. The Morgan fingerprint density at radius 3 is 2.31 bits per heavy atom. The first-order valence-corrected chi connectivity index (χ1v) is 8.34. The number of pyridine rings is 2. The van der Waals surface area contributed by atoms with Crippen molar-refractivity contribution in [2.24, 2.45) is 0 Å². The lowest BCUT2D eigenvalue weighted by Gasteiger charge is -2.18. The predicted octanol–water partition coefficient (Wildman–Crippen LogP) is 4.02. The van der Waals surface area contributed by atoms with E-state index in [1.54, 1.807) is 12.1 Å². The van der Waals surface area contributed by atoms with Crippen LogP contribution in [0.4, 0.5) is 17.2 Å². The Morgan fingerprint density at radius 1 is 0.962 bits per heavy atom. The normalized spacial score (nSPS) is 10.8. The number of hydrogen-bond acceptors (Lipinski definition) is 4. The molecular weight excluding hydrogens is 324 g/mol. The first kappa shape index (κ1) is 15.9. The van der Waals surface area contributed by atoms with Gasteiger partial charge in [0, 0.05) is 28.8 Å². The van der Waals surface area contributed by atoms with Crippen molar-refractivity contribution in [2.75, 3.05) is 11.1 Å². The number of fused-ring (bicyclic) bond motifs is 1. The van der Waals surface area contributed by atoms with Crippen LogP contribution in [0.15, 0.2) is 77.6 Å². The maximum Gasteiger partial charge on any atom is 0.195 e. The summed E-state index contributed by atoms with van der Waals surface area (Å²) in [6, 6.07) is 22.8. The van der Waals surface area contributed by atoms with Gasteiger partial charge in [0.15, 0.2) is 11.1 Å². The molecule has 0 spiro atoms. The van der Waals surface area contributed by atoms with E-state index >= 15 is 0 Å². The number of rotatable bonds is 3. The molecule has 128 valence electrons. The lowest BCUT2D eigenvalue weighted by molar-refractivity contribution is 1.05. The summed E-state index contributed by atoms with van der Waals surface area (Å²) in [6.07, 6.45) is 0. The highest BCUT2D eigenvalue weighted by Gasteiger charge is 2.15. The van der Waals surface area contributed by atoms with Crippen molar-refractivity contribution in [3.8, 4) is 5.69 Å². The molecule has 3 N–H and O–H groups in total. The molecule has 0 aliphatic rings. The quantitative estimate of drug-likeness (QED) is 0.590. The number of aromatic nitrogens is 2. The minimum atomic E-state index is -0.157. The van der Waals surface area contributed by atoms with Gasteiger partial charge in [0.25, 0.3) is 0 Å². The first-order valence-electron chi connectivity index (χ1n) is 8.34. The van der Waals surface area contributed by atoms with Crippen LogP contribution >= 0.6 is 0 Å². The Balaban J connectivity index is 2.06. The van der Waals surface area contributed by atoms with Crippen LogP contribution in [-0.2, 0) is 0 Å². The molecule has 0 amide bonds. The van der Waals surface area contributed by atoms with Crippen LogP contribution in [-0.4, -0.2) is 9.55 Å². The summed E-state index contributed by atoms with van der Waals surface area (Å²) in [6.45, 7) is 1.87. The lowest BCUT2D eigenvalue weighted by Crippen LogP contribution is -2.15. The Labute approximate surface area is 150 Å². The van der Waals surface area contributed by atoms with Gasteiger partial charge in [-0.3, -0.25) is 9.36 Å². The maximum atomic E-state index is 12.7. The van der Waals surface area contributed by atoms with Gasteiger partial charge in [-0.25, -0.2) is 4.98 Å².